The average Bonchev–Trinajstić information content (AvgIpc) is 3.90. The monoisotopic (exact) mass is 878 g/mol. The minimum atomic E-state index is 0. The van der Waals surface area contributed by atoms with Gasteiger partial charge in [0.05, 0.1) is 0 Å². The molecule has 12 rings (SSSR count). The number of benzene rings is 4. The van der Waals surface area contributed by atoms with Crippen molar-refractivity contribution in [3.63, 3.8) is 0 Å². The topological polar surface area (TPSA) is 0 Å². The van der Waals surface area contributed by atoms with Crippen LogP contribution in [-0.2, 0) is 41.5 Å². The average molecular weight is 881 g/mol. The Morgan fingerprint density at radius 3 is 1.69 bits per heavy atom. The molecule has 1 atom stereocenters. The van der Waals surface area contributed by atoms with E-state index in [1.807, 2.05) is 0 Å². The summed E-state index contributed by atoms with van der Waals surface area (Å²) in [5, 5.41) is 0. The number of hydrogen-bond donors (Lipinski definition) is 0. The number of fused-ring (bicyclic) bond motifs is 5. The van der Waals surface area contributed by atoms with E-state index in [9.17, 15) is 0 Å². The molecule has 4 aromatic carbocycles. The second-order valence-electron chi connectivity index (χ2n) is 19.6. The van der Waals surface area contributed by atoms with Crippen molar-refractivity contribution in [2.75, 3.05) is 0 Å². The molecule has 4 bridgehead atoms. The van der Waals surface area contributed by atoms with Crippen molar-refractivity contribution in [1.82, 2.24) is 0 Å². The number of halogens is 2. The van der Waals surface area contributed by atoms with E-state index in [1.54, 1.807) is 12.0 Å². The van der Waals surface area contributed by atoms with Crippen LogP contribution in [0, 0.1) is 47.2 Å². The molecule has 0 N–H and O–H groups in total. The molecule has 0 aromatic heterocycles. The molecule has 8 aliphatic rings. The van der Waals surface area contributed by atoms with Crippen molar-refractivity contribution in [2.45, 2.75) is 105 Å². The summed E-state index contributed by atoms with van der Waals surface area (Å²) in [6.45, 7) is 18.5. The van der Waals surface area contributed by atoms with Gasteiger partial charge in [0.1, 0.15) is 0 Å². The van der Waals surface area contributed by atoms with Gasteiger partial charge in [0.25, 0.3) is 0 Å². The van der Waals surface area contributed by atoms with Gasteiger partial charge in [0.15, 0.2) is 0 Å². The van der Waals surface area contributed by atoms with Crippen LogP contribution in [0.4, 0.5) is 0 Å². The second kappa shape index (κ2) is 16.2. The summed E-state index contributed by atoms with van der Waals surface area (Å²) in [6, 6.07) is 30.9. The zero-order valence-corrected chi connectivity index (χ0v) is 39.7. The third kappa shape index (κ3) is 7.58. The molecule has 0 saturated heterocycles. The molecule has 0 radical (unpaired) electrons. The Morgan fingerprint density at radius 1 is 0.655 bits per heavy atom. The molecule has 1 unspecified atom stereocenters. The normalized spacial score (nSPS) is 27.5. The number of rotatable bonds is 3. The summed E-state index contributed by atoms with van der Waals surface area (Å²) in [5.41, 5.74) is 19.4. The predicted molar refractivity (Wildman–Crippen MR) is 233 cm³/mol. The molecule has 0 spiro atoms. The van der Waals surface area contributed by atoms with Crippen molar-refractivity contribution >= 4 is 14.4 Å². The first kappa shape index (κ1) is 43.3. The Hall–Kier alpha value is -2.83. The molecule has 298 valence electrons. The third-order valence-corrected chi connectivity index (χ3v) is 16.4. The first-order valence-corrected chi connectivity index (χ1v) is 22.6. The van der Waals surface area contributed by atoms with Crippen LogP contribution in [0.2, 0.25) is 0 Å². The standard InChI is InChI=1S/C25H25.C17H23.C13H10.2ClH.Zr/c1-14-12-24(3,4)22-8-16-7-17-9-23-19(15(2)13-25(23,5)6)11-21(17)20(16)10-18(14)22;1-11-3-4-14(5-11)17(2)15-7-12-6-13(9-15)10-16(17)8-12;1-3-7-12(8-4-1)11-13-9-5-2-6-10-13;;;/h8-12H,7H2,1-6H3;4-5,11-13,15-16H,6-10H2,1-2H3;1-10H;2*1H;/q2*-1;;;;+2/p-2. The molecule has 4 fully saturated rings. The van der Waals surface area contributed by atoms with E-state index in [1.165, 1.54) is 120 Å². The van der Waals surface area contributed by atoms with Crippen LogP contribution in [0.15, 0.2) is 109 Å². The summed E-state index contributed by atoms with van der Waals surface area (Å²) < 4.78 is 1.42. The van der Waals surface area contributed by atoms with Gasteiger partial charge in [-0.2, -0.15) is 17.2 Å². The molecule has 8 aliphatic carbocycles. The molecular formula is C55H58Cl2Zr-2. The summed E-state index contributed by atoms with van der Waals surface area (Å²) >= 11 is 1.46. The van der Waals surface area contributed by atoms with E-state index >= 15 is 0 Å². The van der Waals surface area contributed by atoms with Crippen molar-refractivity contribution < 1.29 is 49.0 Å². The third-order valence-electron chi connectivity index (χ3n) is 14.9. The Morgan fingerprint density at radius 2 is 1.17 bits per heavy atom. The van der Waals surface area contributed by atoms with E-state index in [4.69, 9.17) is 0 Å². The quantitative estimate of drug-likeness (QED) is 0.164. The number of hydrogen-bond acceptors (Lipinski definition) is 0. The molecule has 0 aliphatic heterocycles. The van der Waals surface area contributed by atoms with Crippen LogP contribution < -0.4 is 24.8 Å². The van der Waals surface area contributed by atoms with E-state index < -0.39 is 0 Å². The summed E-state index contributed by atoms with van der Waals surface area (Å²) in [7, 11) is 0. The van der Waals surface area contributed by atoms with Gasteiger partial charge < -0.3 is 24.8 Å². The molecule has 4 saturated carbocycles. The maximum absolute atomic E-state index is 3.65. The summed E-state index contributed by atoms with van der Waals surface area (Å²) in [5.74, 6) is 4.68. The van der Waals surface area contributed by atoms with Crippen molar-refractivity contribution in [2.24, 2.45) is 35.0 Å². The molecule has 58 heavy (non-hydrogen) atoms. The zero-order chi connectivity index (χ0) is 39.1. The predicted octanol–water partition coefficient (Wildman–Crippen LogP) is 7.64. The van der Waals surface area contributed by atoms with Gasteiger partial charge in [-0.15, -0.1) is 11.6 Å². The molecule has 0 heterocycles. The first-order valence-electron chi connectivity index (χ1n) is 21.4. The summed E-state index contributed by atoms with van der Waals surface area (Å²) in [4.78, 5) is 0. The van der Waals surface area contributed by atoms with E-state index in [-0.39, 0.29) is 35.6 Å². The Bertz CT molecular complexity index is 2200. The molecule has 0 amide bonds. The fourth-order valence-electron chi connectivity index (χ4n) is 12.2. The van der Waals surface area contributed by atoms with Gasteiger partial charge in [-0.25, -0.2) is 11.6 Å². The van der Waals surface area contributed by atoms with E-state index in [2.05, 4.69) is 171 Å². The van der Waals surface area contributed by atoms with Crippen molar-refractivity contribution in [3.05, 3.63) is 165 Å². The fraction of sp³-hybridized carbons (Fsp3) is 0.400. The Balaban J connectivity index is 0.000000137. The summed E-state index contributed by atoms with van der Waals surface area (Å²) in [6.07, 6.45) is 23.1. The second-order valence-corrected chi connectivity index (χ2v) is 20.9. The first-order chi connectivity index (χ1) is 26.7. The van der Waals surface area contributed by atoms with Gasteiger partial charge in [-0.05, 0) is 114 Å². The zero-order valence-electron chi connectivity index (χ0n) is 35.7. The van der Waals surface area contributed by atoms with E-state index in [0.717, 1.165) is 30.1 Å². The Labute approximate surface area is 376 Å². The number of allylic oxidation sites excluding steroid dienone is 8. The molecule has 3 heteroatoms. The maximum atomic E-state index is 3.65. The van der Waals surface area contributed by atoms with E-state index in [0.29, 0.717) is 11.3 Å². The van der Waals surface area contributed by atoms with Gasteiger partial charge in [0, 0.05) is 5.41 Å². The van der Waals surface area contributed by atoms with Crippen LogP contribution in [-0.4, -0.2) is 3.21 Å². The van der Waals surface area contributed by atoms with Gasteiger partial charge >= 0.3 is 99.2 Å². The molecule has 4 aromatic rings. The van der Waals surface area contributed by atoms with Crippen molar-refractivity contribution in [1.29, 1.82) is 0 Å². The van der Waals surface area contributed by atoms with Gasteiger partial charge in [-0.1, -0.05) is 83.4 Å². The van der Waals surface area contributed by atoms with Crippen LogP contribution in [0.25, 0.3) is 22.3 Å². The van der Waals surface area contributed by atoms with Gasteiger partial charge in [0.2, 0.25) is 0 Å². The minimum absolute atomic E-state index is 0. The van der Waals surface area contributed by atoms with Gasteiger partial charge in [-0.3, -0.25) is 12.2 Å². The van der Waals surface area contributed by atoms with Crippen molar-refractivity contribution in [3.8, 4) is 11.1 Å². The van der Waals surface area contributed by atoms with Crippen LogP contribution in [0.3, 0.4) is 0 Å². The van der Waals surface area contributed by atoms with Crippen LogP contribution in [0.1, 0.15) is 132 Å². The Kier molecular flexibility index (Phi) is 12.1. The fourth-order valence-corrected chi connectivity index (χ4v) is 13.0. The van der Waals surface area contributed by atoms with Crippen LogP contribution >= 0.6 is 0 Å². The van der Waals surface area contributed by atoms with Crippen LogP contribution in [0.5, 0.6) is 0 Å². The molecular weight excluding hydrogens is 823 g/mol. The molecule has 0 nitrogen and oxygen atoms in total. The SMILES string of the molecule is CC1=[C-]C(C)(C)c2cc3c(cc21)-c1cc2c(cc1C3)C(C)(C)C=C2C.CC1[C-]=CC(C2(C)C3CC4CC(C3)CC2C4)=C1.[Cl-].[Cl-].[Zr+2]=[C](c1ccccc1)c1ccccc1.